The van der Waals surface area contributed by atoms with Crippen molar-refractivity contribution < 1.29 is 18.8 Å². The predicted octanol–water partition coefficient (Wildman–Crippen LogP) is 2.98. The standard InChI is InChI=1S/C24H31N3O4S/c1-17(16-32-18(2)28)23(29)27-9-5-7-21(27)24(30)26-12-10-25(11-13-26)15-20-14-19-6-3-4-8-22(19)31-20/h3-4,6,8,14,17,21H,5,7,9-13,15-16H2,1-2H3/t17-,21+/m1/s1. The molecule has 3 heterocycles. The highest BCUT2D eigenvalue weighted by Crippen LogP contribution is 2.25. The quantitative estimate of drug-likeness (QED) is 0.664. The van der Waals surface area contributed by atoms with Gasteiger partial charge in [0, 0.05) is 56.7 Å². The molecule has 0 N–H and O–H groups in total. The van der Waals surface area contributed by atoms with Gasteiger partial charge >= 0.3 is 0 Å². The smallest absolute Gasteiger partial charge is 0.245 e. The molecule has 0 spiro atoms. The molecule has 0 aliphatic carbocycles. The van der Waals surface area contributed by atoms with Crippen molar-refractivity contribution in [1.29, 1.82) is 0 Å². The molecular weight excluding hydrogens is 426 g/mol. The molecule has 0 bridgehead atoms. The van der Waals surface area contributed by atoms with Crippen molar-refractivity contribution in [2.75, 3.05) is 38.5 Å². The molecule has 172 valence electrons. The number of fused-ring (bicyclic) bond motifs is 1. The fourth-order valence-corrected chi connectivity index (χ4v) is 5.18. The summed E-state index contributed by atoms with van der Waals surface area (Å²) in [6, 6.07) is 9.72. The molecule has 0 radical (unpaired) electrons. The monoisotopic (exact) mass is 457 g/mol. The highest BCUT2D eigenvalue weighted by Gasteiger charge is 2.38. The second-order valence-electron chi connectivity index (χ2n) is 8.75. The number of para-hydroxylation sites is 1. The first-order valence-corrected chi connectivity index (χ1v) is 12.3. The summed E-state index contributed by atoms with van der Waals surface area (Å²) < 4.78 is 5.93. The number of nitrogens with zero attached hydrogens (tertiary/aromatic N) is 3. The van der Waals surface area contributed by atoms with Crippen molar-refractivity contribution in [1.82, 2.24) is 14.7 Å². The van der Waals surface area contributed by atoms with Crippen molar-refractivity contribution in [3.05, 3.63) is 36.1 Å². The van der Waals surface area contributed by atoms with Gasteiger partial charge in [-0.2, -0.15) is 0 Å². The van der Waals surface area contributed by atoms with Crippen LogP contribution in [0.2, 0.25) is 0 Å². The maximum Gasteiger partial charge on any atom is 0.245 e. The number of carbonyl (C=O) groups excluding carboxylic acids is 3. The topological polar surface area (TPSA) is 74.1 Å². The van der Waals surface area contributed by atoms with Gasteiger partial charge in [0.15, 0.2) is 5.12 Å². The van der Waals surface area contributed by atoms with Crippen LogP contribution in [0.5, 0.6) is 0 Å². The first-order valence-electron chi connectivity index (χ1n) is 11.3. The van der Waals surface area contributed by atoms with Gasteiger partial charge in [-0.05, 0) is 25.0 Å². The van der Waals surface area contributed by atoms with Crippen molar-refractivity contribution >= 4 is 39.7 Å². The first kappa shape index (κ1) is 22.9. The largest absolute Gasteiger partial charge is 0.460 e. The van der Waals surface area contributed by atoms with Crippen LogP contribution in [0.4, 0.5) is 0 Å². The van der Waals surface area contributed by atoms with E-state index in [9.17, 15) is 14.4 Å². The van der Waals surface area contributed by atoms with Gasteiger partial charge in [0.1, 0.15) is 17.4 Å². The summed E-state index contributed by atoms with van der Waals surface area (Å²) in [6.07, 6.45) is 1.57. The van der Waals surface area contributed by atoms with E-state index in [1.807, 2.05) is 36.1 Å². The van der Waals surface area contributed by atoms with Crippen LogP contribution < -0.4 is 0 Å². The van der Waals surface area contributed by atoms with Crippen LogP contribution in [0.25, 0.3) is 11.0 Å². The van der Waals surface area contributed by atoms with Crippen LogP contribution in [0.1, 0.15) is 32.4 Å². The number of amides is 2. The molecule has 2 aliphatic rings. The number of furan rings is 1. The minimum absolute atomic E-state index is 0.0132. The summed E-state index contributed by atoms with van der Waals surface area (Å²) in [5, 5.41) is 1.12. The Labute approximate surface area is 193 Å². The molecule has 32 heavy (non-hydrogen) atoms. The van der Waals surface area contributed by atoms with Gasteiger partial charge in [-0.1, -0.05) is 36.9 Å². The number of rotatable bonds is 6. The summed E-state index contributed by atoms with van der Waals surface area (Å²) in [4.78, 5) is 43.3. The summed E-state index contributed by atoms with van der Waals surface area (Å²) >= 11 is 1.17. The number of thioether (sulfide) groups is 1. The number of hydrogen-bond acceptors (Lipinski definition) is 6. The predicted molar refractivity (Wildman–Crippen MR) is 125 cm³/mol. The van der Waals surface area contributed by atoms with Crippen LogP contribution in [0, 0.1) is 5.92 Å². The van der Waals surface area contributed by atoms with Crippen LogP contribution >= 0.6 is 11.8 Å². The van der Waals surface area contributed by atoms with Crippen molar-refractivity contribution in [3.63, 3.8) is 0 Å². The van der Waals surface area contributed by atoms with E-state index < -0.39 is 0 Å². The Morgan fingerprint density at radius 1 is 1.12 bits per heavy atom. The number of hydrogen-bond donors (Lipinski definition) is 0. The van der Waals surface area contributed by atoms with E-state index in [1.54, 1.807) is 4.90 Å². The van der Waals surface area contributed by atoms with Crippen LogP contribution in [0.3, 0.4) is 0 Å². The number of piperazine rings is 1. The lowest BCUT2D eigenvalue weighted by Crippen LogP contribution is -2.54. The van der Waals surface area contributed by atoms with Crippen molar-refractivity contribution in [2.24, 2.45) is 5.92 Å². The van der Waals surface area contributed by atoms with Gasteiger partial charge in [-0.3, -0.25) is 19.3 Å². The Kier molecular flexibility index (Phi) is 7.20. The van der Waals surface area contributed by atoms with Crippen LogP contribution in [-0.4, -0.2) is 76.1 Å². The lowest BCUT2D eigenvalue weighted by Gasteiger charge is -2.37. The zero-order valence-electron chi connectivity index (χ0n) is 18.8. The third-order valence-electron chi connectivity index (χ3n) is 6.32. The summed E-state index contributed by atoms with van der Waals surface area (Å²) in [5.41, 5.74) is 0.901. The first-order chi connectivity index (χ1) is 15.4. The van der Waals surface area contributed by atoms with Crippen LogP contribution in [0.15, 0.2) is 34.7 Å². The molecule has 8 heteroatoms. The minimum atomic E-state index is -0.366. The number of likely N-dealkylation sites (tertiary alicyclic amines) is 1. The van der Waals surface area contributed by atoms with E-state index in [2.05, 4.69) is 11.0 Å². The van der Waals surface area contributed by atoms with E-state index >= 15 is 0 Å². The van der Waals surface area contributed by atoms with Crippen molar-refractivity contribution in [3.8, 4) is 0 Å². The Balaban J connectivity index is 1.30. The molecule has 0 saturated carbocycles. The maximum atomic E-state index is 13.2. The highest BCUT2D eigenvalue weighted by molar-refractivity contribution is 8.13. The lowest BCUT2D eigenvalue weighted by atomic mass is 10.1. The molecule has 2 aromatic rings. The second-order valence-corrected chi connectivity index (χ2v) is 9.94. The molecule has 2 saturated heterocycles. The van der Waals surface area contributed by atoms with E-state index in [-0.39, 0.29) is 28.9 Å². The third kappa shape index (κ3) is 5.18. The molecule has 4 rings (SSSR count). The molecule has 2 fully saturated rings. The lowest BCUT2D eigenvalue weighted by molar-refractivity contribution is -0.146. The van der Waals surface area contributed by atoms with Gasteiger partial charge in [0.05, 0.1) is 6.54 Å². The molecule has 2 atom stereocenters. The zero-order chi connectivity index (χ0) is 22.7. The molecule has 1 aromatic carbocycles. The fourth-order valence-electron chi connectivity index (χ4n) is 4.56. The van der Waals surface area contributed by atoms with Crippen LogP contribution in [-0.2, 0) is 20.9 Å². The van der Waals surface area contributed by atoms with E-state index in [4.69, 9.17) is 4.42 Å². The van der Waals surface area contributed by atoms with Gasteiger partial charge in [-0.25, -0.2) is 0 Å². The summed E-state index contributed by atoms with van der Waals surface area (Å²) in [6.45, 7) is 7.60. The van der Waals surface area contributed by atoms with Crippen molar-refractivity contribution in [2.45, 2.75) is 39.3 Å². The molecule has 2 amide bonds. The Hall–Kier alpha value is -2.32. The maximum absolute atomic E-state index is 13.2. The van der Waals surface area contributed by atoms with Gasteiger partial charge in [0.25, 0.3) is 0 Å². The second kappa shape index (κ2) is 10.1. The molecule has 1 aromatic heterocycles. The Morgan fingerprint density at radius 3 is 2.59 bits per heavy atom. The molecule has 0 unspecified atom stereocenters. The number of benzene rings is 1. The van der Waals surface area contributed by atoms with Gasteiger partial charge < -0.3 is 14.2 Å². The molecular formula is C24H31N3O4S. The highest BCUT2D eigenvalue weighted by atomic mass is 32.2. The Morgan fingerprint density at radius 2 is 1.88 bits per heavy atom. The van der Waals surface area contributed by atoms with E-state index in [1.165, 1.54) is 18.7 Å². The van der Waals surface area contributed by atoms with Gasteiger partial charge in [-0.15, -0.1) is 0 Å². The van der Waals surface area contributed by atoms with E-state index in [0.29, 0.717) is 25.4 Å². The number of carbonyl (C=O) groups is 3. The zero-order valence-corrected chi connectivity index (χ0v) is 19.6. The summed E-state index contributed by atoms with van der Waals surface area (Å²) in [7, 11) is 0. The van der Waals surface area contributed by atoms with Gasteiger partial charge in [0.2, 0.25) is 11.8 Å². The fraction of sp³-hybridized carbons (Fsp3) is 0.542. The molecule has 2 aliphatic heterocycles. The normalized spacial score (nSPS) is 20.6. The average Bonchev–Trinajstić information content (AvgIpc) is 3.43. The Bertz CT molecular complexity index is 950. The minimum Gasteiger partial charge on any atom is -0.460 e. The third-order valence-corrected chi connectivity index (χ3v) is 7.39. The molecule has 7 nitrogen and oxygen atoms in total. The summed E-state index contributed by atoms with van der Waals surface area (Å²) in [5.74, 6) is 1.18. The van der Waals surface area contributed by atoms with E-state index in [0.717, 1.165) is 49.2 Å². The SMILES string of the molecule is CC(=O)SC[C@@H](C)C(=O)N1CCC[C@H]1C(=O)N1CCN(Cc2cc3ccccc3o2)CC1. The average molecular weight is 458 g/mol.